The van der Waals surface area contributed by atoms with Gasteiger partial charge in [-0.1, -0.05) is 18.2 Å². The molecule has 5 N–H and O–H groups in total. The molecule has 0 saturated carbocycles. The van der Waals surface area contributed by atoms with Crippen molar-refractivity contribution in [3.63, 3.8) is 0 Å². The molecule has 8 nitrogen and oxygen atoms in total. The molecule has 0 spiro atoms. The molecule has 1 aromatic carbocycles. The molecule has 0 aliphatic carbocycles. The second-order valence-electron chi connectivity index (χ2n) is 7.06. The molecule has 30 heavy (non-hydrogen) atoms. The zero-order chi connectivity index (χ0) is 21.9. The first-order valence-electron chi connectivity index (χ1n) is 9.70. The van der Waals surface area contributed by atoms with Crippen LogP contribution >= 0.6 is 11.8 Å². The zero-order valence-electron chi connectivity index (χ0n) is 17.6. The van der Waals surface area contributed by atoms with Gasteiger partial charge < -0.3 is 26.6 Å². The Morgan fingerprint density at radius 2 is 1.97 bits per heavy atom. The number of pyridine rings is 1. The van der Waals surface area contributed by atoms with Crippen LogP contribution in [0.3, 0.4) is 0 Å². The first kappa shape index (κ1) is 23.5. The molecule has 1 heterocycles. The summed E-state index contributed by atoms with van der Waals surface area (Å²) in [7, 11) is 3.97. The van der Waals surface area contributed by atoms with E-state index in [1.165, 1.54) is 0 Å². The molecule has 2 rings (SSSR count). The molecule has 0 bridgehead atoms. The Labute approximate surface area is 182 Å². The largest absolute Gasteiger partial charge is 0.397 e. The summed E-state index contributed by atoms with van der Waals surface area (Å²) in [6.45, 7) is 1.40. The van der Waals surface area contributed by atoms with Crippen LogP contribution in [0, 0.1) is 0 Å². The highest BCUT2D eigenvalue weighted by atomic mass is 32.2. The monoisotopic (exact) mass is 430 g/mol. The summed E-state index contributed by atoms with van der Waals surface area (Å²) in [5.41, 5.74) is 8.02. The van der Waals surface area contributed by atoms with Crippen molar-refractivity contribution >= 4 is 35.1 Å². The minimum Gasteiger partial charge on any atom is -0.397 e. The number of nitrogens with zero attached hydrogens (tertiary/aromatic N) is 2. The van der Waals surface area contributed by atoms with Gasteiger partial charge in [-0.2, -0.15) is 11.8 Å². The lowest BCUT2D eigenvalue weighted by molar-refractivity contribution is 0.102. The smallest absolute Gasteiger partial charge is 0.315 e. The number of hydrogen-bond donors (Lipinski definition) is 4. The number of hydrogen-bond acceptors (Lipinski definition) is 6. The van der Waals surface area contributed by atoms with Crippen LogP contribution in [0.5, 0.6) is 0 Å². The van der Waals surface area contributed by atoms with Gasteiger partial charge in [0.15, 0.2) is 0 Å². The Bertz CT molecular complexity index is 829. The van der Waals surface area contributed by atoms with Crippen LogP contribution in [0.1, 0.15) is 28.5 Å². The molecule has 0 radical (unpaired) electrons. The molecule has 0 aliphatic heterocycles. The number of benzene rings is 1. The standard InChI is InChI=1S/C21H30N6O2S/c1-27(2)12-10-17(26-21(29)23-11-13-30-3)15-8-9-19(24-14-15)20(28)25-18-7-5-4-6-16(18)22/h4-9,14,17H,10-13,22H2,1-3H3,(H,25,28)(H2,23,26,29). The number of amides is 3. The normalized spacial score (nSPS) is 11.7. The lowest BCUT2D eigenvalue weighted by Gasteiger charge is -2.21. The summed E-state index contributed by atoms with van der Waals surface area (Å²) in [4.78, 5) is 31.0. The Morgan fingerprint density at radius 1 is 1.20 bits per heavy atom. The third kappa shape index (κ3) is 7.57. The number of thioether (sulfide) groups is 1. The summed E-state index contributed by atoms with van der Waals surface area (Å²) < 4.78 is 0. The third-order valence-corrected chi connectivity index (χ3v) is 5.00. The molecular formula is C21H30N6O2S. The van der Waals surface area contributed by atoms with E-state index in [1.54, 1.807) is 48.3 Å². The van der Waals surface area contributed by atoms with Gasteiger partial charge in [-0.3, -0.25) is 9.78 Å². The van der Waals surface area contributed by atoms with Crippen LogP contribution in [0.4, 0.5) is 16.2 Å². The number of nitrogens with one attached hydrogen (secondary N) is 3. The molecule has 3 amide bonds. The first-order chi connectivity index (χ1) is 14.4. The first-order valence-corrected chi connectivity index (χ1v) is 11.1. The van der Waals surface area contributed by atoms with Crippen LogP contribution in [-0.2, 0) is 0 Å². The quantitative estimate of drug-likeness (QED) is 0.340. The van der Waals surface area contributed by atoms with E-state index in [-0.39, 0.29) is 23.7 Å². The van der Waals surface area contributed by atoms with E-state index >= 15 is 0 Å². The highest BCUT2D eigenvalue weighted by Crippen LogP contribution is 2.19. The Hall–Kier alpha value is -2.78. The lowest BCUT2D eigenvalue weighted by atomic mass is 10.1. The number of rotatable bonds is 10. The van der Waals surface area contributed by atoms with Crippen molar-refractivity contribution < 1.29 is 9.59 Å². The number of anilines is 2. The molecule has 0 saturated heterocycles. The van der Waals surface area contributed by atoms with Crippen LogP contribution in [0.15, 0.2) is 42.6 Å². The molecule has 9 heteroatoms. The predicted molar refractivity (Wildman–Crippen MR) is 124 cm³/mol. The van der Waals surface area contributed by atoms with E-state index in [0.717, 1.165) is 24.3 Å². The van der Waals surface area contributed by atoms with Gasteiger partial charge in [-0.25, -0.2) is 4.79 Å². The fourth-order valence-electron chi connectivity index (χ4n) is 2.73. The van der Waals surface area contributed by atoms with Gasteiger partial charge in [0.2, 0.25) is 0 Å². The fraction of sp³-hybridized carbons (Fsp3) is 0.381. The Morgan fingerprint density at radius 3 is 2.60 bits per heavy atom. The lowest BCUT2D eigenvalue weighted by Crippen LogP contribution is -2.39. The van der Waals surface area contributed by atoms with E-state index < -0.39 is 0 Å². The number of nitrogen functional groups attached to an aromatic ring is 1. The topological polar surface area (TPSA) is 112 Å². The molecule has 1 aromatic heterocycles. The molecule has 162 valence electrons. The van der Waals surface area contributed by atoms with Gasteiger partial charge in [-0.05, 0) is 57.1 Å². The maximum Gasteiger partial charge on any atom is 0.315 e. The van der Waals surface area contributed by atoms with E-state index in [9.17, 15) is 9.59 Å². The van der Waals surface area contributed by atoms with Gasteiger partial charge in [0, 0.05) is 18.5 Å². The average molecular weight is 431 g/mol. The number of aromatic nitrogens is 1. The van der Waals surface area contributed by atoms with Gasteiger partial charge in [-0.15, -0.1) is 0 Å². The predicted octanol–water partition coefficient (Wildman–Crippen LogP) is 2.57. The van der Waals surface area contributed by atoms with Gasteiger partial charge in [0.1, 0.15) is 5.69 Å². The highest BCUT2D eigenvalue weighted by Gasteiger charge is 2.17. The Balaban J connectivity index is 2.06. The molecular weight excluding hydrogens is 400 g/mol. The van der Waals surface area contributed by atoms with Crippen molar-refractivity contribution in [2.24, 2.45) is 0 Å². The minimum absolute atomic E-state index is 0.212. The van der Waals surface area contributed by atoms with Gasteiger partial charge >= 0.3 is 6.03 Å². The third-order valence-electron chi connectivity index (χ3n) is 4.39. The van der Waals surface area contributed by atoms with E-state index in [0.29, 0.717) is 17.9 Å². The van der Waals surface area contributed by atoms with Crippen molar-refractivity contribution in [2.75, 3.05) is 50.2 Å². The number of carbonyl (C=O) groups excluding carboxylic acids is 2. The maximum atomic E-state index is 12.5. The maximum absolute atomic E-state index is 12.5. The molecule has 1 atom stereocenters. The van der Waals surface area contributed by atoms with E-state index in [4.69, 9.17) is 5.73 Å². The summed E-state index contributed by atoms with van der Waals surface area (Å²) in [5.74, 6) is 0.514. The number of para-hydroxylation sites is 2. The van der Waals surface area contributed by atoms with Crippen molar-refractivity contribution in [2.45, 2.75) is 12.5 Å². The Kier molecular flexibility index (Phi) is 9.43. The molecule has 0 aliphatic rings. The second-order valence-corrected chi connectivity index (χ2v) is 8.04. The summed E-state index contributed by atoms with van der Waals surface area (Å²) in [6.07, 6.45) is 4.34. The van der Waals surface area contributed by atoms with Gasteiger partial charge in [0.05, 0.1) is 17.4 Å². The van der Waals surface area contributed by atoms with Crippen molar-refractivity contribution in [1.82, 2.24) is 20.5 Å². The SMILES string of the molecule is CSCCNC(=O)NC(CCN(C)C)c1ccc(C(=O)Nc2ccccc2N)nc1. The van der Waals surface area contributed by atoms with Crippen molar-refractivity contribution in [3.8, 4) is 0 Å². The highest BCUT2D eigenvalue weighted by molar-refractivity contribution is 7.98. The van der Waals surface area contributed by atoms with E-state index in [2.05, 4.69) is 25.8 Å². The van der Waals surface area contributed by atoms with E-state index in [1.807, 2.05) is 26.4 Å². The van der Waals surface area contributed by atoms with Crippen molar-refractivity contribution in [1.29, 1.82) is 0 Å². The average Bonchev–Trinajstić information content (AvgIpc) is 2.73. The summed E-state index contributed by atoms with van der Waals surface area (Å²) >= 11 is 1.67. The number of carbonyl (C=O) groups is 2. The van der Waals surface area contributed by atoms with Crippen LogP contribution in [0.25, 0.3) is 0 Å². The molecule has 1 unspecified atom stereocenters. The number of nitrogens with two attached hydrogens (primary N) is 1. The van der Waals surface area contributed by atoms with Crippen LogP contribution in [-0.4, -0.2) is 61.0 Å². The molecule has 2 aromatic rings. The number of urea groups is 1. The summed E-state index contributed by atoms with van der Waals surface area (Å²) in [6, 6.07) is 10.1. The summed E-state index contributed by atoms with van der Waals surface area (Å²) in [5, 5.41) is 8.61. The van der Waals surface area contributed by atoms with Crippen LogP contribution < -0.4 is 21.7 Å². The van der Waals surface area contributed by atoms with Crippen LogP contribution in [0.2, 0.25) is 0 Å². The van der Waals surface area contributed by atoms with Gasteiger partial charge in [0.25, 0.3) is 5.91 Å². The molecule has 0 fully saturated rings. The fourth-order valence-corrected chi connectivity index (χ4v) is 3.03. The second kappa shape index (κ2) is 12.0. The minimum atomic E-state index is -0.341. The van der Waals surface area contributed by atoms with Crippen molar-refractivity contribution in [3.05, 3.63) is 53.9 Å². The zero-order valence-corrected chi connectivity index (χ0v) is 18.5.